The average molecular weight is 552 g/mol. The number of thiophene rings is 1. The van der Waals surface area contributed by atoms with Crippen molar-refractivity contribution in [2.75, 3.05) is 6.79 Å². The summed E-state index contributed by atoms with van der Waals surface area (Å²) in [5, 5.41) is 3.87. The largest absolute Gasteiger partial charge is 0.438 e. The molecule has 12 heteroatoms. The zero-order valence-corrected chi connectivity index (χ0v) is 22.2. The van der Waals surface area contributed by atoms with E-state index in [1.54, 1.807) is 18.2 Å². The van der Waals surface area contributed by atoms with Crippen molar-refractivity contribution in [2.45, 2.75) is 45.1 Å². The van der Waals surface area contributed by atoms with Gasteiger partial charge in [0.05, 0.1) is 4.88 Å². The van der Waals surface area contributed by atoms with Crippen LogP contribution in [0.25, 0.3) is 10.1 Å². The SMILES string of the molecule is CC(=O)OCOC(CCC(Cc1cccc(F)c1)NC(=O)c1cc2ccccc2s1)(O[PH2]=O)OC(C)=O. The molecule has 0 spiro atoms. The Bertz CT molecular complexity index is 1240. The van der Waals surface area contributed by atoms with Gasteiger partial charge in [-0.05, 0) is 48.1 Å². The first kappa shape index (κ1) is 28.5. The quantitative estimate of drug-likeness (QED) is 0.186. The van der Waals surface area contributed by atoms with Gasteiger partial charge in [-0.1, -0.05) is 30.3 Å². The molecule has 3 unspecified atom stereocenters. The van der Waals surface area contributed by atoms with Crippen molar-refractivity contribution < 1.29 is 42.1 Å². The second-order valence-electron chi connectivity index (χ2n) is 8.08. The highest BCUT2D eigenvalue weighted by molar-refractivity contribution is 7.20. The lowest BCUT2D eigenvalue weighted by atomic mass is 10.0. The van der Waals surface area contributed by atoms with Gasteiger partial charge in [-0.25, -0.2) is 4.39 Å². The van der Waals surface area contributed by atoms with Gasteiger partial charge < -0.3 is 14.8 Å². The van der Waals surface area contributed by atoms with Crippen molar-refractivity contribution in [2.24, 2.45) is 0 Å². The second kappa shape index (κ2) is 13.4. The van der Waals surface area contributed by atoms with E-state index in [0.29, 0.717) is 10.4 Å². The molecule has 198 valence electrons. The van der Waals surface area contributed by atoms with Crippen LogP contribution in [-0.4, -0.2) is 36.7 Å². The van der Waals surface area contributed by atoms with Crippen molar-refractivity contribution in [3.63, 3.8) is 0 Å². The van der Waals surface area contributed by atoms with Crippen LogP contribution in [0.4, 0.5) is 4.39 Å². The summed E-state index contributed by atoms with van der Waals surface area (Å²) < 4.78 is 46.7. The maximum atomic E-state index is 13.8. The standard InChI is InChI=1S/C25H27FNO8PS/c1-16(28)32-15-33-25(35-36-31,34-17(2)29)11-10-21(13-18-6-5-8-20(26)12-18)27-24(30)23-14-19-7-3-4-9-22(19)37-23/h3-9,12,14,21H,10-11,13,15,36H2,1-2H3,(H,27,30). The Morgan fingerprint density at radius 2 is 1.86 bits per heavy atom. The summed E-state index contributed by atoms with van der Waals surface area (Å²) in [6.07, 6.45) is 0.175. The van der Waals surface area contributed by atoms with Crippen molar-refractivity contribution in [3.05, 3.63) is 70.9 Å². The van der Waals surface area contributed by atoms with Gasteiger partial charge in [-0.3, -0.25) is 28.2 Å². The fourth-order valence-corrected chi connectivity index (χ4v) is 4.99. The highest BCUT2D eigenvalue weighted by Crippen LogP contribution is 2.29. The van der Waals surface area contributed by atoms with Crippen LogP contribution in [0.1, 0.15) is 41.9 Å². The molecule has 9 nitrogen and oxygen atoms in total. The first-order chi connectivity index (χ1) is 17.7. The Labute approximate surface area is 218 Å². The zero-order valence-electron chi connectivity index (χ0n) is 20.2. The van der Waals surface area contributed by atoms with Crippen LogP contribution in [0.3, 0.4) is 0 Å². The van der Waals surface area contributed by atoms with Gasteiger partial charge in [-0.2, -0.15) is 0 Å². The highest BCUT2D eigenvalue weighted by atomic mass is 32.1. The smallest absolute Gasteiger partial charge is 0.337 e. The number of hydrogen-bond donors (Lipinski definition) is 1. The number of rotatable bonds is 13. The molecule has 0 radical (unpaired) electrons. The first-order valence-electron chi connectivity index (χ1n) is 11.3. The molecule has 3 rings (SSSR count). The predicted octanol–water partition coefficient (Wildman–Crippen LogP) is 4.60. The van der Waals surface area contributed by atoms with E-state index < -0.39 is 45.3 Å². The van der Waals surface area contributed by atoms with E-state index in [2.05, 4.69) is 5.32 Å². The van der Waals surface area contributed by atoms with Gasteiger partial charge in [0.2, 0.25) is 0 Å². The van der Waals surface area contributed by atoms with Crippen LogP contribution in [0, 0.1) is 5.82 Å². The van der Waals surface area contributed by atoms with Crippen LogP contribution in [0.2, 0.25) is 0 Å². The van der Waals surface area contributed by atoms with E-state index in [4.69, 9.17) is 18.7 Å². The molecule has 1 heterocycles. The Morgan fingerprint density at radius 1 is 1.08 bits per heavy atom. The number of esters is 2. The monoisotopic (exact) mass is 551 g/mol. The minimum absolute atomic E-state index is 0.111. The lowest BCUT2D eigenvalue weighted by Crippen LogP contribution is -2.43. The van der Waals surface area contributed by atoms with Gasteiger partial charge in [0, 0.05) is 31.0 Å². The number of ether oxygens (including phenoxy) is 3. The molecule has 0 fully saturated rings. The van der Waals surface area contributed by atoms with Crippen LogP contribution in [-0.2, 0) is 39.3 Å². The topological polar surface area (TPSA) is 117 Å². The third-order valence-electron chi connectivity index (χ3n) is 5.22. The molecule has 37 heavy (non-hydrogen) atoms. The van der Waals surface area contributed by atoms with E-state index in [9.17, 15) is 23.3 Å². The number of halogens is 1. The van der Waals surface area contributed by atoms with Gasteiger partial charge in [0.1, 0.15) is 5.82 Å². The molecule has 0 bridgehead atoms. The van der Waals surface area contributed by atoms with E-state index >= 15 is 0 Å². The van der Waals surface area contributed by atoms with Crippen LogP contribution >= 0.6 is 20.0 Å². The average Bonchev–Trinajstić information content (AvgIpc) is 3.27. The van der Waals surface area contributed by atoms with E-state index in [1.165, 1.54) is 23.5 Å². The molecule has 1 N–H and O–H groups in total. The summed E-state index contributed by atoms with van der Waals surface area (Å²) in [6, 6.07) is 14.7. The Hall–Kier alpha value is -3.11. The predicted molar refractivity (Wildman–Crippen MR) is 136 cm³/mol. The zero-order chi connectivity index (χ0) is 26.8. The second-order valence-corrected chi connectivity index (χ2v) is 9.59. The molecule has 1 amide bonds. The van der Waals surface area contributed by atoms with Crippen molar-refractivity contribution in [1.82, 2.24) is 5.32 Å². The Morgan fingerprint density at radius 3 is 2.54 bits per heavy atom. The number of fused-ring (bicyclic) bond motifs is 1. The van der Waals surface area contributed by atoms with Crippen LogP contribution in [0.5, 0.6) is 0 Å². The summed E-state index contributed by atoms with van der Waals surface area (Å²) in [6.45, 7) is 1.65. The van der Waals surface area contributed by atoms with Crippen molar-refractivity contribution in [1.29, 1.82) is 0 Å². The summed E-state index contributed by atoms with van der Waals surface area (Å²) in [4.78, 5) is 36.5. The molecule has 3 atom stereocenters. The van der Waals surface area contributed by atoms with Crippen LogP contribution < -0.4 is 5.32 Å². The first-order valence-corrected chi connectivity index (χ1v) is 13.1. The third-order valence-corrected chi connectivity index (χ3v) is 6.79. The number of benzene rings is 2. The van der Waals surface area contributed by atoms with Gasteiger partial charge in [-0.15, -0.1) is 11.3 Å². The fourth-order valence-electron chi connectivity index (χ4n) is 3.64. The Balaban J connectivity index is 1.82. The van der Waals surface area contributed by atoms with E-state index in [1.807, 2.05) is 24.3 Å². The van der Waals surface area contributed by atoms with Gasteiger partial charge >= 0.3 is 17.9 Å². The third kappa shape index (κ3) is 8.75. The number of carbonyl (C=O) groups excluding carboxylic acids is 3. The Kier molecular flexibility index (Phi) is 10.3. The number of hydrogen-bond acceptors (Lipinski definition) is 9. The summed E-state index contributed by atoms with van der Waals surface area (Å²) in [5.74, 6) is -4.31. The molecular formula is C25H27FNO8PS. The summed E-state index contributed by atoms with van der Waals surface area (Å²) in [5.41, 5.74) is 0.621. The number of amides is 1. The molecule has 0 aliphatic heterocycles. The molecule has 0 aliphatic carbocycles. The van der Waals surface area contributed by atoms with E-state index in [-0.39, 0.29) is 25.2 Å². The highest BCUT2D eigenvalue weighted by Gasteiger charge is 2.38. The van der Waals surface area contributed by atoms with Crippen molar-refractivity contribution in [3.8, 4) is 0 Å². The van der Waals surface area contributed by atoms with Gasteiger partial charge in [0.15, 0.2) is 15.5 Å². The molecule has 1 aromatic heterocycles. The maximum absolute atomic E-state index is 13.8. The normalized spacial score (nSPS) is 13.8. The molecule has 2 aromatic carbocycles. The molecule has 0 aliphatic rings. The summed E-state index contributed by atoms with van der Waals surface area (Å²) in [7, 11) is -1.88. The molecule has 3 aromatic rings. The lowest BCUT2D eigenvalue weighted by molar-refractivity contribution is -0.344. The van der Waals surface area contributed by atoms with Crippen molar-refractivity contribution >= 4 is 48.0 Å². The van der Waals surface area contributed by atoms with Gasteiger partial charge in [0.25, 0.3) is 5.91 Å². The number of carbonyl (C=O) groups is 3. The molecular weight excluding hydrogens is 524 g/mol. The molecule has 0 saturated carbocycles. The van der Waals surface area contributed by atoms with E-state index in [0.717, 1.165) is 23.9 Å². The fraction of sp³-hybridized carbons (Fsp3) is 0.320. The number of nitrogens with one attached hydrogen (secondary N) is 1. The molecule has 0 saturated heterocycles. The maximum Gasteiger partial charge on any atom is 0.337 e. The summed E-state index contributed by atoms with van der Waals surface area (Å²) >= 11 is 1.33. The minimum atomic E-state index is -2.11. The minimum Gasteiger partial charge on any atom is -0.438 e. The van der Waals surface area contributed by atoms with Crippen LogP contribution in [0.15, 0.2) is 54.6 Å². The lowest BCUT2D eigenvalue weighted by Gasteiger charge is -2.31.